The van der Waals surface area contributed by atoms with Gasteiger partial charge in [-0.3, -0.25) is 4.79 Å². The van der Waals surface area contributed by atoms with E-state index in [1.54, 1.807) is 0 Å². The number of alkyl halides is 3. The van der Waals surface area contributed by atoms with Gasteiger partial charge in [-0.05, 0) is 17.2 Å². The Morgan fingerprint density at radius 3 is 2.13 bits per heavy atom. The third kappa shape index (κ3) is 2.22. The van der Waals surface area contributed by atoms with Gasteiger partial charge in [-0.15, -0.1) is 0 Å². The van der Waals surface area contributed by atoms with Crippen LogP contribution in [0, 0.1) is 0 Å². The molecule has 0 aromatic heterocycles. The van der Waals surface area contributed by atoms with E-state index >= 15 is 0 Å². The average molecular weight is 281 g/mol. The van der Waals surface area contributed by atoms with Crippen LogP contribution in [0.4, 0.5) is 13.2 Å². The molecule has 5 heteroatoms. The Morgan fingerprint density at radius 1 is 1.13 bits per heavy atom. The zero-order valence-corrected chi connectivity index (χ0v) is 9.28. The van der Waals surface area contributed by atoms with E-state index in [2.05, 4.69) is 15.9 Å². The smallest absolute Gasteiger partial charge is 0.150 e. The highest BCUT2D eigenvalue weighted by Crippen LogP contribution is 2.29. The van der Waals surface area contributed by atoms with Crippen molar-refractivity contribution in [3.8, 4) is 0 Å². The van der Waals surface area contributed by atoms with Crippen molar-refractivity contribution in [2.45, 2.75) is 20.0 Å². The van der Waals surface area contributed by atoms with Crippen molar-refractivity contribution in [1.82, 2.24) is 0 Å². The summed E-state index contributed by atoms with van der Waals surface area (Å²) in [5, 5.41) is 0. The minimum atomic E-state index is -0.935. The molecular weight excluding hydrogens is 273 g/mol. The van der Waals surface area contributed by atoms with Crippen molar-refractivity contribution >= 4 is 22.2 Å². The summed E-state index contributed by atoms with van der Waals surface area (Å²) in [6.45, 7) is -2.68. The fourth-order valence-corrected chi connectivity index (χ4v) is 1.88. The van der Waals surface area contributed by atoms with Crippen LogP contribution in [-0.2, 0) is 20.0 Å². The molecule has 1 nitrogen and oxygen atoms in total. The van der Waals surface area contributed by atoms with Crippen LogP contribution >= 0.6 is 15.9 Å². The molecular formula is C10H8BrF3O. The Bertz CT molecular complexity index is 379. The van der Waals surface area contributed by atoms with Crippen LogP contribution in [0.1, 0.15) is 27.0 Å². The molecule has 0 fully saturated rings. The summed E-state index contributed by atoms with van der Waals surface area (Å²) in [6.07, 6.45) is 0.386. The van der Waals surface area contributed by atoms with Crippen molar-refractivity contribution in [3.05, 3.63) is 32.8 Å². The van der Waals surface area contributed by atoms with Gasteiger partial charge in [0.15, 0.2) is 6.29 Å². The zero-order valence-electron chi connectivity index (χ0n) is 7.70. The monoisotopic (exact) mass is 280 g/mol. The predicted molar refractivity (Wildman–Crippen MR) is 54.0 cm³/mol. The first-order valence-electron chi connectivity index (χ1n) is 4.15. The summed E-state index contributed by atoms with van der Waals surface area (Å²) >= 11 is 3.00. The lowest BCUT2D eigenvalue weighted by Gasteiger charge is -2.11. The van der Waals surface area contributed by atoms with Crippen molar-refractivity contribution in [3.63, 3.8) is 0 Å². The zero-order chi connectivity index (χ0) is 11.4. The molecule has 1 rings (SSSR count). The lowest BCUT2D eigenvalue weighted by atomic mass is 10.00. The molecule has 82 valence electrons. The molecule has 0 saturated heterocycles. The van der Waals surface area contributed by atoms with E-state index in [0.717, 1.165) is 0 Å². The van der Waals surface area contributed by atoms with Gasteiger partial charge < -0.3 is 0 Å². The van der Waals surface area contributed by atoms with Gasteiger partial charge in [0.2, 0.25) is 0 Å². The van der Waals surface area contributed by atoms with Gasteiger partial charge in [0, 0.05) is 15.6 Å². The topological polar surface area (TPSA) is 17.1 Å². The normalized spacial score (nSPS) is 10.4. The van der Waals surface area contributed by atoms with Gasteiger partial charge in [-0.25, -0.2) is 13.2 Å². The van der Waals surface area contributed by atoms with Gasteiger partial charge >= 0.3 is 0 Å². The fourth-order valence-electron chi connectivity index (χ4n) is 1.34. The second kappa shape index (κ2) is 5.30. The fraction of sp³-hybridized carbons (Fsp3) is 0.300. The van der Waals surface area contributed by atoms with E-state index in [4.69, 9.17) is 0 Å². The van der Waals surface area contributed by atoms with Gasteiger partial charge in [0.25, 0.3) is 0 Å². The molecule has 15 heavy (non-hydrogen) atoms. The molecule has 0 radical (unpaired) electrons. The molecule has 0 unspecified atom stereocenters. The molecule has 1 aromatic carbocycles. The molecule has 0 aliphatic rings. The maximum atomic E-state index is 12.6. The largest absolute Gasteiger partial charge is 0.298 e. The van der Waals surface area contributed by atoms with Crippen molar-refractivity contribution in [1.29, 1.82) is 0 Å². The standard InChI is InChI=1S/C10H8BrF3O/c11-10-7(3-13)1-6(2-12)9(5-15)8(10)4-14/h1,5H,2-4H2. The van der Waals surface area contributed by atoms with Crippen LogP contribution in [0.15, 0.2) is 10.5 Å². The van der Waals surface area contributed by atoms with Crippen molar-refractivity contribution in [2.75, 3.05) is 0 Å². The second-order valence-corrected chi connectivity index (χ2v) is 3.71. The van der Waals surface area contributed by atoms with Gasteiger partial charge in [0.1, 0.15) is 20.0 Å². The van der Waals surface area contributed by atoms with Crippen LogP contribution in [0.25, 0.3) is 0 Å². The summed E-state index contributed by atoms with van der Waals surface area (Å²) < 4.78 is 37.8. The Hall–Kier alpha value is -0.840. The average Bonchev–Trinajstić information content (AvgIpc) is 2.28. The molecule has 0 bridgehead atoms. The van der Waals surface area contributed by atoms with Gasteiger partial charge in [-0.1, -0.05) is 15.9 Å². The highest BCUT2D eigenvalue weighted by atomic mass is 79.9. The Labute approximate surface area is 93.4 Å². The molecule has 0 saturated carbocycles. The van der Waals surface area contributed by atoms with Crippen LogP contribution in [0.2, 0.25) is 0 Å². The maximum absolute atomic E-state index is 12.6. The van der Waals surface area contributed by atoms with E-state index in [-0.39, 0.29) is 26.7 Å². The summed E-state index contributed by atoms with van der Waals surface area (Å²) in [7, 11) is 0. The summed E-state index contributed by atoms with van der Waals surface area (Å²) in [4.78, 5) is 10.7. The minimum absolute atomic E-state index is 0.00722. The number of aldehydes is 1. The molecule has 0 heterocycles. The van der Waals surface area contributed by atoms with E-state index in [0.29, 0.717) is 6.29 Å². The number of hydrogen-bond acceptors (Lipinski definition) is 1. The van der Waals surface area contributed by atoms with Gasteiger partial charge in [0.05, 0.1) is 0 Å². The van der Waals surface area contributed by atoms with Gasteiger partial charge in [-0.2, -0.15) is 0 Å². The Balaban J connectivity index is 3.49. The molecule has 0 N–H and O–H groups in total. The van der Waals surface area contributed by atoms with Crippen LogP contribution in [0.3, 0.4) is 0 Å². The lowest BCUT2D eigenvalue weighted by Crippen LogP contribution is -2.01. The molecule has 0 amide bonds. The first kappa shape index (κ1) is 12.2. The van der Waals surface area contributed by atoms with Crippen LogP contribution in [0.5, 0.6) is 0 Å². The van der Waals surface area contributed by atoms with Crippen molar-refractivity contribution < 1.29 is 18.0 Å². The lowest BCUT2D eigenvalue weighted by molar-refractivity contribution is 0.112. The van der Waals surface area contributed by atoms with E-state index in [1.807, 2.05) is 0 Å². The number of hydrogen-bond donors (Lipinski definition) is 0. The predicted octanol–water partition coefficient (Wildman–Crippen LogP) is 3.67. The molecule has 0 spiro atoms. The highest BCUT2D eigenvalue weighted by Gasteiger charge is 2.15. The SMILES string of the molecule is O=Cc1c(CF)cc(CF)c(Br)c1CF. The minimum Gasteiger partial charge on any atom is -0.298 e. The van der Waals surface area contributed by atoms with E-state index < -0.39 is 20.0 Å². The number of carbonyl (C=O) groups excluding carboxylic acids is 1. The third-order valence-corrected chi connectivity index (χ3v) is 3.09. The quantitative estimate of drug-likeness (QED) is 0.769. The molecule has 0 aliphatic carbocycles. The number of benzene rings is 1. The Kier molecular flexibility index (Phi) is 4.32. The van der Waals surface area contributed by atoms with Crippen LogP contribution < -0.4 is 0 Å². The molecule has 0 aliphatic heterocycles. The number of halogens is 4. The van der Waals surface area contributed by atoms with Crippen LogP contribution in [-0.4, -0.2) is 6.29 Å². The summed E-state index contributed by atoms with van der Waals surface area (Å²) in [5.74, 6) is 0. The second-order valence-electron chi connectivity index (χ2n) is 2.92. The first-order chi connectivity index (χ1) is 7.19. The molecule has 0 atom stereocenters. The maximum Gasteiger partial charge on any atom is 0.150 e. The highest BCUT2D eigenvalue weighted by molar-refractivity contribution is 9.10. The van der Waals surface area contributed by atoms with E-state index in [9.17, 15) is 18.0 Å². The van der Waals surface area contributed by atoms with Crippen molar-refractivity contribution in [2.24, 2.45) is 0 Å². The number of carbonyl (C=O) groups is 1. The first-order valence-corrected chi connectivity index (χ1v) is 4.95. The third-order valence-electron chi connectivity index (χ3n) is 2.11. The Morgan fingerprint density at radius 2 is 1.73 bits per heavy atom. The summed E-state index contributed by atoms with van der Waals surface area (Å²) in [5.41, 5.74) is 0.145. The number of rotatable bonds is 4. The van der Waals surface area contributed by atoms with E-state index in [1.165, 1.54) is 6.07 Å². The molecule has 1 aromatic rings. The summed E-state index contributed by atoms with van der Waals surface area (Å²) in [6, 6.07) is 1.23.